The Kier molecular flexibility index (Phi) is 11.5. The summed E-state index contributed by atoms with van der Waals surface area (Å²) in [6.45, 7) is 13.5. The molecule has 2 fully saturated rings. The zero-order chi connectivity index (χ0) is 27.8. The van der Waals surface area contributed by atoms with Crippen molar-refractivity contribution in [3.8, 4) is 6.07 Å². The van der Waals surface area contributed by atoms with Crippen molar-refractivity contribution in [1.29, 1.82) is 5.26 Å². The van der Waals surface area contributed by atoms with E-state index in [1.165, 1.54) is 37.4 Å². The number of carbonyl (C=O) groups excluding carboxylic acids is 1. The smallest absolute Gasteiger partial charge is 0.270 e. The lowest BCUT2D eigenvalue weighted by Gasteiger charge is -2.39. The number of rotatable bonds is 12. The van der Waals surface area contributed by atoms with Crippen LogP contribution in [0.1, 0.15) is 102 Å². The number of hydrogen-bond donors (Lipinski definition) is 0. The van der Waals surface area contributed by atoms with E-state index in [9.17, 15) is 14.9 Å². The third kappa shape index (κ3) is 7.09. The van der Waals surface area contributed by atoms with Crippen LogP contribution in [-0.4, -0.2) is 39.3 Å². The topological polar surface area (TPSA) is 69.3 Å². The van der Waals surface area contributed by atoms with Gasteiger partial charge in [0.2, 0.25) is 0 Å². The van der Waals surface area contributed by atoms with Gasteiger partial charge in [0.25, 0.3) is 11.5 Å². The highest BCUT2D eigenvalue weighted by Crippen LogP contribution is 2.37. The third-order valence-corrected chi connectivity index (χ3v) is 9.01. The van der Waals surface area contributed by atoms with Crippen LogP contribution in [0.4, 0.5) is 5.82 Å². The van der Waals surface area contributed by atoms with E-state index in [0.717, 1.165) is 56.6 Å². The van der Waals surface area contributed by atoms with E-state index in [-0.39, 0.29) is 17.0 Å². The average molecular weight is 557 g/mol. The zero-order valence-corrected chi connectivity index (χ0v) is 25.5. The molecule has 208 valence electrons. The van der Waals surface area contributed by atoms with Gasteiger partial charge in [-0.25, -0.2) is 0 Å². The van der Waals surface area contributed by atoms with Gasteiger partial charge in [-0.05, 0) is 49.7 Å². The molecular formula is C30H44N4O2S2. The Morgan fingerprint density at radius 3 is 2.26 bits per heavy atom. The zero-order valence-electron chi connectivity index (χ0n) is 23.8. The van der Waals surface area contributed by atoms with Crippen LogP contribution in [0.5, 0.6) is 0 Å². The summed E-state index contributed by atoms with van der Waals surface area (Å²) in [7, 11) is 0. The van der Waals surface area contributed by atoms with Crippen LogP contribution in [0.25, 0.3) is 6.08 Å². The second-order valence-electron chi connectivity index (χ2n) is 11.1. The van der Waals surface area contributed by atoms with Crippen LogP contribution < -0.4 is 10.5 Å². The minimum Gasteiger partial charge on any atom is -0.357 e. The molecule has 1 aromatic heterocycles. The Labute approximate surface area is 238 Å². The Bertz CT molecular complexity index is 1140. The molecule has 6 nitrogen and oxygen atoms in total. The van der Waals surface area contributed by atoms with E-state index in [4.69, 9.17) is 12.2 Å². The van der Waals surface area contributed by atoms with Crippen LogP contribution >= 0.6 is 24.0 Å². The van der Waals surface area contributed by atoms with Gasteiger partial charge in [0, 0.05) is 31.7 Å². The summed E-state index contributed by atoms with van der Waals surface area (Å²) >= 11 is 6.95. The summed E-state index contributed by atoms with van der Waals surface area (Å²) in [4.78, 5) is 31.6. The molecule has 0 N–H and O–H groups in total. The fourth-order valence-electron chi connectivity index (χ4n) is 5.72. The Morgan fingerprint density at radius 2 is 1.63 bits per heavy atom. The van der Waals surface area contributed by atoms with Gasteiger partial charge in [-0.2, -0.15) is 5.26 Å². The van der Waals surface area contributed by atoms with E-state index < -0.39 is 0 Å². The van der Waals surface area contributed by atoms with Crippen LogP contribution in [0.3, 0.4) is 0 Å². The molecule has 1 aromatic rings. The first kappa shape index (κ1) is 30.4. The van der Waals surface area contributed by atoms with Crippen molar-refractivity contribution in [2.24, 2.45) is 11.8 Å². The molecule has 0 spiro atoms. The van der Waals surface area contributed by atoms with E-state index in [1.807, 2.05) is 13.0 Å². The standard InChI is InChI=1S/C30H44N4O2S2/c1-6-8-10-11-12-13-15-34-29(36)26(38-30(34)37)17-24-23(5)25(18-31)28(35)33(14-9-7-2)27(24)32-19-21(3)16-22(4)20-32/h17,21-22H,6-16,19-20H2,1-5H3. The first-order valence-corrected chi connectivity index (χ1v) is 15.6. The third-order valence-electron chi connectivity index (χ3n) is 7.63. The van der Waals surface area contributed by atoms with Crippen LogP contribution in [0.15, 0.2) is 9.70 Å². The molecule has 0 radical (unpaired) electrons. The maximum Gasteiger partial charge on any atom is 0.270 e. The maximum atomic E-state index is 13.5. The number of unbranched alkanes of at least 4 members (excludes halogenated alkanes) is 6. The summed E-state index contributed by atoms with van der Waals surface area (Å²) in [6.07, 6.45) is 11.8. The maximum absolute atomic E-state index is 13.5. The number of aromatic nitrogens is 1. The van der Waals surface area contributed by atoms with Crippen molar-refractivity contribution in [3.63, 3.8) is 0 Å². The number of nitrogens with zero attached hydrogens (tertiary/aromatic N) is 4. The SMILES string of the molecule is CCCCCCCCN1C(=O)C(=Cc2c(C)c(C#N)c(=O)n(CCCC)c2N2CC(C)CC(C)C2)SC1=S. The molecule has 2 unspecified atom stereocenters. The Morgan fingerprint density at radius 1 is 1.00 bits per heavy atom. The number of nitriles is 1. The first-order valence-electron chi connectivity index (χ1n) is 14.4. The molecule has 0 bridgehead atoms. The van der Waals surface area contributed by atoms with E-state index in [1.54, 1.807) is 9.47 Å². The van der Waals surface area contributed by atoms with Crippen molar-refractivity contribution in [2.45, 2.75) is 99.0 Å². The van der Waals surface area contributed by atoms with E-state index >= 15 is 0 Å². The van der Waals surface area contributed by atoms with Crippen molar-refractivity contribution < 1.29 is 4.79 Å². The largest absolute Gasteiger partial charge is 0.357 e. The number of amides is 1. The number of hydrogen-bond acceptors (Lipinski definition) is 6. The van der Waals surface area contributed by atoms with Gasteiger partial charge in [0.1, 0.15) is 21.8 Å². The van der Waals surface area contributed by atoms with Gasteiger partial charge in [0.15, 0.2) is 0 Å². The highest BCUT2D eigenvalue weighted by atomic mass is 32.2. The molecule has 0 aliphatic carbocycles. The average Bonchev–Trinajstić information content (AvgIpc) is 3.13. The van der Waals surface area contributed by atoms with E-state index in [2.05, 4.69) is 38.7 Å². The highest BCUT2D eigenvalue weighted by molar-refractivity contribution is 8.26. The number of anilines is 1. The fraction of sp³-hybridized carbons (Fsp3) is 0.667. The van der Waals surface area contributed by atoms with Crippen LogP contribution in [0, 0.1) is 30.1 Å². The number of thiocarbonyl (C=S) groups is 1. The molecule has 0 saturated carbocycles. The minimum atomic E-state index is -0.230. The number of carbonyl (C=O) groups is 1. The van der Waals surface area contributed by atoms with Gasteiger partial charge in [0.05, 0.1) is 4.91 Å². The van der Waals surface area contributed by atoms with Gasteiger partial charge < -0.3 is 4.90 Å². The molecule has 2 saturated heterocycles. The predicted molar refractivity (Wildman–Crippen MR) is 163 cm³/mol. The fourth-order valence-corrected chi connectivity index (χ4v) is 7.01. The van der Waals surface area contributed by atoms with Crippen molar-refractivity contribution in [1.82, 2.24) is 9.47 Å². The molecular weight excluding hydrogens is 512 g/mol. The van der Waals surface area contributed by atoms with Crippen molar-refractivity contribution >= 4 is 46.1 Å². The second kappa shape index (κ2) is 14.3. The molecule has 38 heavy (non-hydrogen) atoms. The summed E-state index contributed by atoms with van der Waals surface area (Å²) < 4.78 is 2.39. The summed E-state index contributed by atoms with van der Waals surface area (Å²) in [5.41, 5.74) is 1.38. The highest BCUT2D eigenvalue weighted by Gasteiger charge is 2.34. The molecule has 2 aliphatic heterocycles. The lowest BCUT2D eigenvalue weighted by Crippen LogP contribution is -2.43. The van der Waals surface area contributed by atoms with Gasteiger partial charge in [-0.1, -0.05) is 90.2 Å². The lowest BCUT2D eigenvalue weighted by atomic mass is 9.91. The molecule has 2 atom stereocenters. The van der Waals surface area contributed by atoms with Gasteiger partial charge in [-0.3, -0.25) is 19.1 Å². The van der Waals surface area contributed by atoms with Crippen molar-refractivity contribution in [3.05, 3.63) is 31.9 Å². The van der Waals surface area contributed by atoms with Gasteiger partial charge in [-0.15, -0.1) is 0 Å². The predicted octanol–water partition coefficient (Wildman–Crippen LogP) is 6.87. The number of thioether (sulfide) groups is 1. The molecule has 3 rings (SSSR count). The van der Waals surface area contributed by atoms with Crippen LogP contribution in [0.2, 0.25) is 0 Å². The normalized spacial score (nSPS) is 21.0. The summed E-state index contributed by atoms with van der Waals surface area (Å²) in [6, 6.07) is 2.16. The number of piperidine rings is 1. The molecule has 8 heteroatoms. The second-order valence-corrected chi connectivity index (χ2v) is 12.8. The quantitative estimate of drug-likeness (QED) is 0.159. The number of pyridine rings is 1. The summed E-state index contributed by atoms with van der Waals surface area (Å²) in [5.74, 6) is 1.77. The van der Waals surface area contributed by atoms with Crippen LogP contribution in [-0.2, 0) is 11.3 Å². The monoisotopic (exact) mass is 556 g/mol. The molecule has 1 amide bonds. The van der Waals surface area contributed by atoms with Crippen molar-refractivity contribution in [2.75, 3.05) is 24.5 Å². The molecule has 3 heterocycles. The molecule has 2 aliphatic rings. The Balaban J connectivity index is 2.02. The first-order chi connectivity index (χ1) is 18.2. The summed E-state index contributed by atoms with van der Waals surface area (Å²) in [5, 5.41) is 9.93. The lowest BCUT2D eigenvalue weighted by molar-refractivity contribution is -0.122. The van der Waals surface area contributed by atoms with Gasteiger partial charge >= 0.3 is 0 Å². The Hall–Kier alpha value is -2.11. The minimum absolute atomic E-state index is 0.0656. The molecule has 0 aromatic carbocycles. The van der Waals surface area contributed by atoms with E-state index in [0.29, 0.717) is 39.7 Å².